The smallest absolute Gasteiger partial charge is 0.303 e. The second kappa shape index (κ2) is 10.3. The molecule has 0 amide bonds. The Kier molecular flexibility index (Phi) is 7.33. The van der Waals surface area contributed by atoms with Crippen molar-refractivity contribution in [3.8, 4) is 0 Å². The Balaban J connectivity index is 2.19. The number of ether oxygens (including phenoxy) is 2. The molecule has 3 aromatic rings. The Morgan fingerprint density at radius 3 is 1.29 bits per heavy atom. The molecule has 3 aromatic carbocycles. The van der Waals surface area contributed by atoms with Crippen molar-refractivity contribution in [3.63, 3.8) is 0 Å². The Morgan fingerprint density at radius 2 is 0.935 bits per heavy atom. The van der Waals surface area contributed by atoms with Crippen molar-refractivity contribution in [1.82, 2.24) is 0 Å². The van der Waals surface area contributed by atoms with Gasteiger partial charge < -0.3 is 9.47 Å². The third kappa shape index (κ3) is 5.66. The van der Waals surface area contributed by atoms with Gasteiger partial charge in [0.2, 0.25) is 0 Å². The van der Waals surface area contributed by atoms with Crippen LogP contribution in [0.25, 0.3) is 0 Å². The summed E-state index contributed by atoms with van der Waals surface area (Å²) in [4.78, 5) is 37.8. The molecule has 0 aromatic heterocycles. The molecule has 0 spiro atoms. The summed E-state index contributed by atoms with van der Waals surface area (Å²) in [6.45, 7) is 2.59. The molecule has 0 N–H and O–H groups in total. The molecule has 0 fully saturated rings. The van der Waals surface area contributed by atoms with Gasteiger partial charge in [-0.3, -0.25) is 14.4 Å². The number of Topliss-reactive ketones (excluding diaryl/α,β-unsaturated/α-hetero) is 1. The van der Waals surface area contributed by atoms with E-state index in [2.05, 4.69) is 0 Å². The lowest BCUT2D eigenvalue weighted by Crippen LogP contribution is -2.33. The number of hydrogen-bond acceptors (Lipinski definition) is 5. The first-order valence-electron chi connectivity index (χ1n) is 10.0. The summed E-state index contributed by atoms with van der Waals surface area (Å²) < 4.78 is 11.3. The van der Waals surface area contributed by atoms with Crippen LogP contribution in [-0.4, -0.2) is 17.7 Å². The predicted octanol–water partition coefficient (Wildman–Crippen LogP) is 5.09. The van der Waals surface area contributed by atoms with Crippen molar-refractivity contribution in [3.05, 3.63) is 108 Å². The zero-order valence-electron chi connectivity index (χ0n) is 17.4. The molecule has 158 valence electrons. The molecule has 0 aliphatic carbocycles. The fourth-order valence-electron chi connectivity index (χ4n) is 3.57. The molecule has 3 rings (SSSR count). The Bertz CT molecular complexity index is 956. The van der Waals surface area contributed by atoms with E-state index in [1.165, 1.54) is 13.8 Å². The van der Waals surface area contributed by atoms with Crippen LogP contribution in [0.4, 0.5) is 0 Å². The summed E-state index contributed by atoms with van der Waals surface area (Å²) in [5.74, 6) is -2.34. The van der Waals surface area contributed by atoms with Gasteiger partial charge in [0.1, 0.15) is 18.1 Å². The van der Waals surface area contributed by atoms with Crippen molar-refractivity contribution in [2.75, 3.05) is 0 Å². The van der Waals surface area contributed by atoms with E-state index in [4.69, 9.17) is 9.47 Å². The van der Waals surface area contributed by atoms with Gasteiger partial charge in [0, 0.05) is 19.4 Å². The van der Waals surface area contributed by atoms with E-state index in [0.29, 0.717) is 16.7 Å². The number of carbonyl (C=O) groups excluding carboxylic acids is 3. The molecule has 0 saturated heterocycles. The molecule has 0 unspecified atom stereocenters. The maximum absolute atomic E-state index is 13.8. The number of benzene rings is 3. The zero-order chi connectivity index (χ0) is 22.2. The van der Waals surface area contributed by atoms with E-state index >= 15 is 0 Å². The molecular weight excluding hydrogens is 392 g/mol. The van der Waals surface area contributed by atoms with Gasteiger partial charge in [0.05, 0.1) is 0 Å². The second-order valence-electron chi connectivity index (χ2n) is 7.14. The van der Waals surface area contributed by atoms with Crippen LogP contribution in [0.3, 0.4) is 0 Å². The molecule has 0 aliphatic heterocycles. The van der Waals surface area contributed by atoms with Crippen LogP contribution in [0, 0.1) is 5.92 Å². The second-order valence-corrected chi connectivity index (χ2v) is 7.14. The summed E-state index contributed by atoms with van der Waals surface area (Å²) in [6.07, 6.45) is -1.90. The molecule has 5 nitrogen and oxygen atoms in total. The zero-order valence-corrected chi connectivity index (χ0v) is 17.4. The maximum Gasteiger partial charge on any atom is 0.303 e. The van der Waals surface area contributed by atoms with Gasteiger partial charge in [-0.1, -0.05) is 91.0 Å². The number of hydrogen-bond donors (Lipinski definition) is 0. The minimum Gasteiger partial charge on any atom is -0.457 e. The largest absolute Gasteiger partial charge is 0.457 e. The molecule has 0 radical (unpaired) electrons. The minimum atomic E-state index is -0.986. The first kappa shape index (κ1) is 22.0. The van der Waals surface area contributed by atoms with Crippen LogP contribution in [0.15, 0.2) is 91.0 Å². The number of rotatable bonds is 8. The summed E-state index contributed by atoms with van der Waals surface area (Å²) in [7, 11) is 0. The van der Waals surface area contributed by atoms with Gasteiger partial charge in [-0.25, -0.2) is 0 Å². The lowest BCUT2D eigenvalue weighted by atomic mass is 9.81. The highest BCUT2D eigenvalue weighted by atomic mass is 16.6. The van der Waals surface area contributed by atoms with Gasteiger partial charge in [0.25, 0.3) is 0 Å². The molecular formula is C26H24O5. The molecule has 0 heterocycles. The number of esters is 2. The van der Waals surface area contributed by atoms with Gasteiger partial charge in [-0.2, -0.15) is 0 Å². The fraction of sp³-hybridized carbons (Fsp3) is 0.192. The Morgan fingerprint density at radius 1 is 0.581 bits per heavy atom. The monoisotopic (exact) mass is 416 g/mol. The van der Waals surface area contributed by atoms with Crippen molar-refractivity contribution < 1.29 is 23.9 Å². The van der Waals surface area contributed by atoms with E-state index in [-0.39, 0.29) is 5.78 Å². The van der Waals surface area contributed by atoms with Crippen molar-refractivity contribution in [2.24, 2.45) is 5.92 Å². The lowest BCUT2D eigenvalue weighted by Gasteiger charge is -2.32. The molecule has 2 atom stereocenters. The highest BCUT2D eigenvalue weighted by Gasteiger charge is 2.41. The van der Waals surface area contributed by atoms with E-state index in [0.717, 1.165) is 0 Å². The van der Waals surface area contributed by atoms with E-state index < -0.39 is 30.1 Å². The van der Waals surface area contributed by atoms with Crippen LogP contribution in [0.1, 0.15) is 47.5 Å². The van der Waals surface area contributed by atoms with Crippen LogP contribution in [-0.2, 0) is 19.1 Å². The molecule has 0 aliphatic rings. The molecule has 0 saturated carbocycles. The van der Waals surface area contributed by atoms with Crippen LogP contribution in [0.2, 0.25) is 0 Å². The van der Waals surface area contributed by atoms with Gasteiger partial charge in [0.15, 0.2) is 5.78 Å². The molecule has 5 heteroatoms. The average Bonchev–Trinajstić information content (AvgIpc) is 2.79. The highest BCUT2D eigenvalue weighted by Crippen LogP contribution is 2.40. The lowest BCUT2D eigenvalue weighted by molar-refractivity contribution is -0.157. The summed E-state index contributed by atoms with van der Waals surface area (Å²) in [6, 6.07) is 26.8. The van der Waals surface area contributed by atoms with Crippen molar-refractivity contribution in [1.29, 1.82) is 0 Å². The normalized spacial score (nSPS) is 12.6. The van der Waals surface area contributed by atoms with Gasteiger partial charge >= 0.3 is 11.9 Å². The van der Waals surface area contributed by atoms with Gasteiger partial charge in [-0.05, 0) is 11.1 Å². The molecule has 0 bridgehead atoms. The maximum atomic E-state index is 13.8. The first-order valence-corrected chi connectivity index (χ1v) is 10.0. The quantitative estimate of drug-likeness (QED) is 0.378. The third-order valence-corrected chi connectivity index (χ3v) is 4.86. The highest BCUT2D eigenvalue weighted by molar-refractivity contribution is 5.99. The summed E-state index contributed by atoms with van der Waals surface area (Å²) in [5, 5.41) is 0. The summed E-state index contributed by atoms with van der Waals surface area (Å²) >= 11 is 0. The van der Waals surface area contributed by atoms with Crippen LogP contribution in [0.5, 0.6) is 0 Å². The minimum absolute atomic E-state index is 0.286. The van der Waals surface area contributed by atoms with Crippen LogP contribution >= 0.6 is 0 Å². The van der Waals surface area contributed by atoms with Crippen molar-refractivity contribution >= 4 is 17.7 Å². The molecule has 31 heavy (non-hydrogen) atoms. The van der Waals surface area contributed by atoms with Gasteiger partial charge in [-0.15, -0.1) is 0 Å². The van der Waals surface area contributed by atoms with Crippen LogP contribution < -0.4 is 0 Å². The third-order valence-electron chi connectivity index (χ3n) is 4.86. The predicted molar refractivity (Wildman–Crippen MR) is 116 cm³/mol. The summed E-state index contributed by atoms with van der Waals surface area (Å²) in [5.41, 5.74) is 1.72. The first-order chi connectivity index (χ1) is 15.0. The fourth-order valence-corrected chi connectivity index (χ4v) is 3.57. The standard InChI is InChI=1S/C26H24O5/c1-18(27)30-25(21-14-8-4-9-15-21)23(24(29)20-12-6-3-7-13-20)26(31-19(2)28)22-16-10-5-11-17-22/h3-17,23,25-26H,1-2H3/t25-,26-/m0/s1. The van der Waals surface area contributed by atoms with E-state index in [1.54, 1.807) is 72.8 Å². The number of carbonyl (C=O) groups is 3. The number of ketones is 1. The van der Waals surface area contributed by atoms with E-state index in [1.807, 2.05) is 18.2 Å². The van der Waals surface area contributed by atoms with E-state index in [9.17, 15) is 14.4 Å². The SMILES string of the molecule is CC(=O)O[C@@H](c1ccccc1)C(C(=O)c1ccccc1)[C@@H](OC(C)=O)c1ccccc1. The Hall–Kier alpha value is -3.73. The topological polar surface area (TPSA) is 69.7 Å². The Labute approximate surface area is 181 Å². The van der Waals surface area contributed by atoms with Crippen molar-refractivity contribution in [2.45, 2.75) is 26.1 Å². The average molecular weight is 416 g/mol.